The number of carbonyl (C=O) groups is 3. The van der Waals surface area contributed by atoms with Gasteiger partial charge in [0.2, 0.25) is 18.0 Å². The third kappa shape index (κ3) is 3.99. The number of nitrogens with zero attached hydrogens (tertiary/aromatic N) is 1. The highest BCUT2D eigenvalue weighted by Gasteiger charge is 2.46. The molecule has 1 aromatic rings. The zero-order valence-electron chi connectivity index (χ0n) is 16.1. The first-order valence-corrected chi connectivity index (χ1v) is 9.95. The Morgan fingerprint density at radius 1 is 1.30 bits per heavy atom. The van der Waals surface area contributed by atoms with Gasteiger partial charge in [-0.1, -0.05) is 51.3 Å². The number of nitrogens with one attached hydrogen (secondary N) is 1. The molecule has 1 aromatic carbocycles. The van der Waals surface area contributed by atoms with Crippen molar-refractivity contribution in [3.05, 3.63) is 35.4 Å². The predicted octanol–water partition coefficient (Wildman–Crippen LogP) is 3.18. The lowest BCUT2D eigenvalue weighted by Gasteiger charge is -2.29. The molecule has 3 atom stereocenters. The van der Waals surface area contributed by atoms with Gasteiger partial charge in [-0.3, -0.25) is 14.5 Å². The van der Waals surface area contributed by atoms with Gasteiger partial charge in [-0.15, -0.1) is 0 Å². The van der Waals surface area contributed by atoms with Gasteiger partial charge in [0.1, 0.15) is 6.04 Å². The smallest absolute Gasteiger partial charge is 0.340 e. The maximum absolute atomic E-state index is 12.8. The Labute approximate surface area is 160 Å². The summed E-state index contributed by atoms with van der Waals surface area (Å²) in [4.78, 5) is 38.8. The molecule has 146 valence electrons. The van der Waals surface area contributed by atoms with Gasteiger partial charge in [0.15, 0.2) is 0 Å². The van der Waals surface area contributed by atoms with Crippen LogP contribution in [0.4, 0.5) is 0 Å². The largest absolute Gasteiger partial charge is 0.433 e. The number of ether oxygens (including phenoxy) is 1. The molecular formula is C21H28N2O4. The summed E-state index contributed by atoms with van der Waals surface area (Å²) in [6.45, 7) is 4.91. The molecule has 1 N–H and O–H groups in total. The maximum atomic E-state index is 12.8. The van der Waals surface area contributed by atoms with Crippen LogP contribution in [0.3, 0.4) is 0 Å². The topological polar surface area (TPSA) is 75.7 Å². The van der Waals surface area contributed by atoms with Crippen LogP contribution in [0.5, 0.6) is 0 Å². The summed E-state index contributed by atoms with van der Waals surface area (Å²) in [6, 6.07) is 6.45. The fraction of sp³-hybridized carbons (Fsp3) is 0.571. The molecule has 0 bridgehead atoms. The highest BCUT2D eigenvalue weighted by atomic mass is 16.6. The van der Waals surface area contributed by atoms with Crippen LogP contribution < -0.4 is 5.32 Å². The number of likely N-dealkylation sites (tertiary alicyclic amines) is 1. The van der Waals surface area contributed by atoms with Crippen molar-refractivity contribution >= 4 is 17.8 Å². The summed E-state index contributed by atoms with van der Waals surface area (Å²) in [5.74, 6) is -0.302. The van der Waals surface area contributed by atoms with Crippen LogP contribution >= 0.6 is 0 Å². The lowest BCUT2D eigenvalue weighted by molar-refractivity contribution is -0.145. The van der Waals surface area contributed by atoms with Gasteiger partial charge in [0, 0.05) is 18.5 Å². The van der Waals surface area contributed by atoms with Crippen LogP contribution in [0.2, 0.25) is 0 Å². The van der Waals surface area contributed by atoms with E-state index in [0.717, 1.165) is 25.7 Å². The van der Waals surface area contributed by atoms with Gasteiger partial charge in [0.05, 0.1) is 5.56 Å². The van der Waals surface area contributed by atoms with Crippen molar-refractivity contribution in [2.45, 2.75) is 64.6 Å². The highest BCUT2D eigenvalue weighted by Crippen LogP contribution is 2.38. The molecule has 0 saturated carbocycles. The van der Waals surface area contributed by atoms with Crippen molar-refractivity contribution in [1.82, 2.24) is 10.2 Å². The number of hydrogen-bond donors (Lipinski definition) is 1. The van der Waals surface area contributed by atoms with Crippen LogP contribution in [0.1, 0.15) is 74.5 Å². The number of cyclic esters (lactones) is 1. The first-order chi connectivity index (χ1) is 13.1. The number of fused-ring (bicyclic) bond motifs is 1. The summed E-state index contributed by atoms with van der Waals surface area (Å²) in [6.07, 6.45) is 4.34. The first kappa shape index (κ1) is 19.4. The molecule has 6 heteroatoms. The number of hydrogen-bond acceptors (Lipinski definition) is 4. The molecular weight excluding hydrogens is 344 g/mol. The Bertz CT molecular complexity index is 718. The molecule has 0 aliphatic carbocycles. The summed E-state index contributed by atoms with van der Waals surface area (Å²) in [5, 5.41) is 3.02. The number of carbonyl (C=O) groups excluding carboxylic acids is 3. The molecule has 2 aliphatic rings. The minimum atomic E-state index is -0.804. The van der Waals surface area contributed by atoms with Gasteiger partial charge in [0.25, 0.3) is 0 Å². The van der Waals surface area contributed by atoms with Crippen molar-refractivity contribution in [2.75, 3.05) is 6.54 Å². The van der Waals surface area contributed by atoms with Gasteiger partial charge in [-0.2, -0.15) is 0 Å². The van der Waals surface area contributed by atoms with Gasteiger partial charge >= 0.3 is 5.97 Å². The van der Waals surface area contributed by atoms with E-state index in [1.165, 1.54) is 4.90 Å². The van der Waals surface area contributed by atoms with Crippen LogP contribution in [0.15, 0.2) is 24.3 Å². The van der Waals surface area contributed by atoms with Gasteiger partial charge < -0.3 is 10.1 Å². The first-order valence-electron chi connectivity index (χ1n) is 9.95. The summed E-state index contributed by atoms with van der Waals surface area (Å²) < 4.78 is 5.45. The fourth-order valence-electron chi connectivity index (χ4n) is 3.89. The molecule has 0 radical (unpaired) electrons. The SMILES string of the molecule is CCCC[C@@H](CC)CNC(=O)[C@@H]1CCC(=O)N1[C@H]1OC(=O)c2ccccc21. The van der Waals surface area contributed by atoms with Crippen LogP contribution in [-0.2, 0) is 14.3 Å². The molecule has 0 unspecified atom stereocenters. The van der Waals surface area contributed by atoms with Crippen LogP contribution in [0, 0.1) is 5.92 Å². The Morgan fingerprint density at radius 2 is 2.07 bits per heavy atom. The minimum absolute atomic E-state index is 0.150. The monoisotopic (exact) mass is 372 g/mol. The van der Waals surface area contributed by atoms with Crippen molar-refractivity contribution in [2.24, 2.45) is 5.92 Å². The summed E-state index contributed by atoms with van der Waals surface area (Å²) in [7, 11) is 0. The molecule has 0 aromatic heterocycles. The third-order valence-electron chi connectivity index (χ3n) is 5.58. The number of benzene rings is 1. The summed E-state index contributed by atoms with van der Waals surface area (Å²) >= 11 is 0. The predicted molar refractivity (Wildman–Crippen MR) is 101 cm³/mol. The quantitative estimate of drug-likeness (QED) is 0.711. The van der Waals surface area contributed by atoms with Crippen molar-refractivity contribution in [3.63, 3.8) is 0 Å². The number of unbranched alkanes of at least 4 members (excludes halogenated alkanes) is 1. The van der Waals surface area contributed by atoms with Gasteiger partial charge in [-0.05, 0) is 24.8 Å². The lowest BCUT2D eigenvalue weighted by Crippen LogP contribution is -2.47. The number of amides is 2. The van der Waals surface area contributed by atoms with Crippen LogP contribution in [-0.4, -0.2) is 35.3 Å². The molecule has 1 fully saturated rings. The minimum Gasteiger partial charge on any atom is -0.433 e. The van der Waals surface area contributed by atoms with Crippen molar-refractivity contribution in [3.8, 4) is 0 Å². The van der Waals surface area contributed by atoms with E-state index in [0.29, 0.717) is 36.4 Å². The second kappa shape index (κ2) is 8.55. The Balaban J connectivity index is 1.70. The Kier molecular flexibility index (Phi) is 6.14. The molecule has 6 nitrogen and oxygen atoms in total. The second-order valence-electron chi connectivity index (χ2n) is 7.36. The second-order valence-corrected chi connectivity index (χ2v) is 7.36. The molecule has 2 aliphatic heterocycles. The maximum Gasteiger partial charge on any atom is 0.340 e. The molecule has 0 spiro atoms. The van der Waals surface area contributed by atoms with E-state index in [-0.39, 0.29) is 11.8 Å². The molecule has 2 heterocycles. The zero-order chi connectivity index (χ0) is 19.4. The molecule has 3 rings (SSSR count). The molecule has 2 amide bonds. The third-order valence-corrected chi connectivity index (χ3v) is 5.58. The van der Waals surface area contributed by atoms with Crippen molar-refractivity contribution < 1.29 is 19.1 Å². The van der Waals surface area contributed by atoms with E-state index in [1.54, 1.807) is 18.2 Å². The normalized spacial score (nSPS) is 22.5. The van der Waals surface area contributed by atoms with E-state index < -0.39 is 18.2 Å². The van der Waals surface area contributed by atoms with Gasteiger partial charge in [-0.25, -0.2) is 4.79 Å². The molecule has 1 saturated heterocycles. The molecule has 27 heavy (non-hydrogen) atoms. The highest BCUT2D eigenvalue weighted by molar-refractivity contribution is 5.96. The van der Waals surface area contributed by atoms with E-state index >= 15 is 0 Å². The fourth-order valence-corrected chi connectivity index (χ4v) is 3.89. The van der Waals surface area contributed by atoms with E-state index in [4.69, 9.17) is 4.74 Å². The van der Waals surface area contributed by atoms with E-state index in [1.807, 2.05) is 6.07 Å². The average molecular weight is 372 g/mol. The Morgan fingerprint density at radius 3 is 2.81 bits per heavy atom. The number of esters is 1. The average Bonchev–Trinajstić information content (AvgIpc) is 3.22. The Hall–Kier alpha value is -2.37. The zero-order valence-corrected chi connectivity index (χ0v) is 16.1. The number of rotatable bonds is 8. The van der Waals surface area contributed by atoms with Crippen molar-refractivity contribution in [1.29, 1.82) is 0 Å². The van der Waals surface area contributed by atoms with Crippen LogP contribution in [0.25, 0.3) is 0 Å². The van der Waals surface area contributed by atoms with E-state index in [9.17, 15) is 14.4 Å². The summed E-state index contributed by atoms with van der Waals surface area (Å²) in [5.41, 5.74) is 1.12. The van der Waals surface area contributed by atoms with E-state index in [2.05, 4.69) is 19.2 Å². The lowest BCUT2D eigenvalue weighted by atomic mass is 9.99. The standard InChI is InChI=1S/C21H28N2O4/c1-3-5-8-14(4-2)13-22-19(25)17-11-12-18(24)23(17)20-15-9-6-7-10-16(15)21(26)27-20/h6-7,9-10,14,17,20H,3-5,8,11-13H2,1-2H3,(H,22,25)/t14-,17+,20+/m1/s1.